The Hall–Kier alpha value is -3.48. The van der Waals surface area contributed by atoms with E-state index in [2.05, 4.69) is 32.8 Å². The number of benzene rings is 1. The van der Waals surface area contributed by atoms with Gasteiger partial charge in [0.15, 0.2) is 11.6 Å². The molecule has 0 radical (unpaired) electrons. The minimum atomic E-state index is -0.954. The number of aryl methyl sites for hydroxylation is 2. The predicted octanol–water partition coefficient (Wildman–Crippen LogP) is 4.84. The third kappa shape index (κ3) is 13.6. The van der Waals surface area contributed by atoms with Crippen LogP contribution in [0.15, 0.2) is 35.4 Å². The number of anilines is 1. The number of carboxylic acid groups (broad SMARTS) is 1. The van der Waals surface area contributed by atoms with Gasteiger partial charge in [0.2, 0.25) is 0 Å². The molecule has 0 aliphatic carbocycles. The van der Waals surface area contributed by atoms with E-state index in [1.54, 1.807) is 6.07 Å². The van der Waals surface area contributed by atoms with E-state index >= 15 is 0 Å². The fourth-order valence-corrected chi connectivity index (χ4v) is 4.63. The Morgan fingerprint density at radius 3 is 2.58 bits per heavy atom. The van der Waals surface area contributed by atoms with Gasteiger partial charge in [-0.2, -0.15) is 0 Å². The van der Waals surface area contributed by atoms with Crippen molar-refractivity contribution in [3.8, 4) is 5.75 Å². The van der Waals surface area contributed by atoms with Gasteiger partial charge in [0.25, 0.3) is 0 Å². The molecule has 3 N–H and O–H groups in total. The SMILES string of the molecule is [N-]=[N+]=NCCOCCOCCOCCOc1ccc([C@H](CC(=O)O)NCCCCCc2ccc3c(n2)NCCC3)cc1F. The van der Waals surface area contributed by atoms with Gasteiger partial charge in [0.05, 0.1) is 46.1 Å². The van der Waals surface area contributed by atoms with Crippen LogP contribution in [0.4, 0.5) is 10.2 Å². The molecule has 236 valence electrons. The quantitative estimate of drug-likeness (QED) is 0.0700. The molecule has 0 bridgehead atoms. The molecule has 1 aromatic carbocycles. The molecule has 0 fully saturated rings. The van der Waals surface area contributed by atoms with Gasteiger partial charge in [-0.15, -0.1) is 0 Å². The van der Waals surface area contributed by atoms with Gasteiger partial charge in [0.1, 0.15) is 12.4 Å². The number of carbonyl (C=O) groups is 1. The minimum absolute atomic E-state index is 0.0848. The molecule has 43 heavy (non-hydrogen) atoms. The molecule has 3 rings (SSSR count). The summed E-state index contributed by atoms with van der Waals surface area (Å²) in [6.45, 7) is 4.19. The van der Waals surface area contributed by atoms with Crippen molar-refractivity contribution in [2.24, 2.45) is 5.11 Å². The molecule has 0 saturated carbocycles. The van der Waals surface area contributed by atoms with Crippen LogP contribution in [0.1, 0.15) is 55.0 Å². The molecule has 12 nitrogen and oxygen atoms in total. The van der Waals surface area contributed by atoms with Crippen LogP contribution in [0.3, 0.4) is 0 Å². The van der Waals surface area contributed by atoms with E-state index in [9.17, 15) is 14.3 Å². The number of ether oxygens (including phenoxy) is 4. The van der Waals surface area contributed by atoms with Crippen LogP contribution in [0.2, 0.25) is 0 Å². The van der Waals surface area contributed by atoms with Crippen molar-refractivity contribution < 1.29 is 33.2 Å². The number of nitrogens with zero attached hydrogens (tertiary/aromatic N) is 4. The molecule has 2 heterocycles. The maximum atomic E-state index is 14.7. The summed E-state index contributed by atoms with van der Waals surface area (Å²) in [5.74, 6) is -0.406. The normalized spacial score (nSPS) is 13.0. The van der Waals surface area contributed by atoms with Crippen LogP contribution in [0, 0.1) is 5.82 Å². The first-order valence-electron chi connectivity index (χ1n) is 14.9. The van der Waals surface area contributed by atoms with E-state index in [0.29, 0.717) is 45.1 Å². The zero-order valence-corrected chi connectivity index (χ0v) is 24.6. The lowest BCUT2D eigenvalue weighted by atomic mass is 10.0. The largest absolute Gasteiger partial charge is 0.488 e. The molecule has 1 aromatic heterocycles. The molecular weight excluding hydrogens is 559 g/mol. The van der Waals surface area contributed by atoms with E-state index in [4.69, 9.17) is 29.5 Å². The fraction of sp³-hybridized carbons (Fsp3) is 0.600. The molecule has 13 heteroatoms. The Labute approximate surface area is 251 Å². The summed E-state index contributed by atoms with van der Waals surface area (Å²) < 4.78 is 36.3. The van der Waals surface area contributed by atoms with Crippen LogP contribution in [-0.2, 0) is 31.8 Å². The maximum Gasteiger partial charge on any atom is 0.305 e. The summed E-state index contributed by atoms with van der Waals surface area (Å²) in [4.78, 5) is 18.8. The van der Waals surface area contributed by atoms with Gasteiger partial charge in [-0.3, -0.25) is 4.79 Å². The van der Waals surface area contributed by atoms with Gasteiger partial charge in [0, 0.05) is 29.7 Å². The van der Waals surface area contributed by atoms with Crippen LogP contribution in [0.25, 0.3) is 10.4 Å². The van der Waals surface area contributed by atoms with Crippen LogP contribution >= 0.6 is 0 Å². The number of aliphatic carboxylic acids is 1. The fourth-order valence-electron chi connectivity index (χ4n) is 4.63. The topological polar surface area (TPSA) is 160 Å². The minimum Gasteiger partial charge on any atom is -0.488 e. The number of aromatic nitrogens is 1. The highest BCUT2D eigenvalue weighted by Gasteiger charge is 2.17. The monoisotopic (exact) mass is 602 g/mol. The number of pyridine rings is 1. The predicted molar refractivity (Wildman–Crippen MR) is 160 cm³/mol. The lowest BCUT2D eigenvalue weighted by Gasteiger charge is -2.19. The number of hydrogen-bond acceptors (Lipinski definition) is 9. The summed E-state index contributed by atoms with van der Waals surface area (Å²) in [5.41, 5.74) is 11.1. The summed E-state index contributed by atoms with van der Waals surface area (Å²) in [6, 6.07) is 8.31. The average molecular weight is 603 g/mol. The number of azide groups is 1. The van der Waals surface area contributed by atoms with E-state index < -0.39 is 17.8 Å². The smallest absolute Gasteiger partial charge is 0.305 e. The van der Waals surface area contributed by atoms with E-state index in [-0.39, 0.29) is 31.9 Å². The number of rotatable bonds is 23. The van der Waals surface area contributed by atoms with Crippen LogP contribution in [-0.4, -0.2) is 81.9 Å². The second-order valence-corrected chi connectivity index (χ2v) is 10.1. The molecule has 0 spiro atoms. The van der Waals surface area contributed by atoms with Crippen molar-refractivity contribution in [1.29, 1.82) is 0 Å². The highest BCUT2D eigenvalue weighted by Crippen LogP contribution is 2.25. The Morgan fingerprint density at radius 1 is 1.07 bits per heavy atom. The van der Waals surface area contributed by atoms with Crippen LogP contribution < -0.4 is 15.4 Å². The summed E-state index contributed by atoms with van der Waals surface area (Å²) in [6.07, 6.45) is 5.81. The molecule has 1 aliphatic heterocycles. The molecule has 0 amide bonds. The standard InChI is InChI=1S/C30H43FN6O6/c31-26-21-24(8-10-28(26)43-20-19-42-18-17-41-16-15-40-14-13-35-37-32)27(22-29(38)39)33-11-3-1-2-6-25-9-7-23-5-4-12-34-30(23)36-25/h7-10,21,27,33H,1-6,11-20,22H2,(H,34,36)(H,38,39)/t27-/m0/s1. The number of halogens is 1. The lowest BCUT2D eigenvalue weighted by molar-refractivity contribution is -0.137. The third-order valence-electron chi connectivity index (χ3n) is 6.82. The van der Waals surface area contributed by atoms with Gasteiger partial charge in [-0.25, -0.2) is 9.37 Å². The second-order valence-electron chi connectivity index (χ2n) is 10.1. The van der Waals surface area contributed by atoms with Gasteiger partial charge < -0.3 is 34.7 Å². The average Bonchev–Trinajstić information content (AvgIpc) is 3.01. The second kappa shape index (κ2) is 20.4. The van der Waals surface area contributed by atoms with Crippen molar-refractivity contribution in [3.63, 3.8) is 0 Å². The van der Waals surface area contributed by atoms with Crippen molar-refractivity contribution in [1.82, 2.24) is 10.3 Å². The number of fused-ring (bicyclic) bond motifs is 1. The van der Waals surface area contributed by atoms with Crippen molar-refractivity contribution >= 4 is 11.8 Å². The summed E-state index contributed by atoms with van der Waals surface area (Å²) in [7, 11) is 0. The van der Waals surface area contributed by atoms with E-state index in [1.165, 1.54) is 17.7 Å². The molecule has 2 aromatic rings. The maximum absolute atomic E-state index is 14.7. The Balaban J connectivity index is 1.29. The van der Waals surface area contributed by atoms with Crippen molar-refractivity contribution in [3.05, 3.63) is 63.4 Å². The highest BCUT2D eigenvalue weighted by atomic mass is 19.1. The molecule has 0 saturated heterocycles. The summed E-state index contributed by atoms with van der Waals surface area (Å²) in [5, 5.41) is 19.4. The molecular formula is C30H43FN6O6. The van der Waals surface area contributed by atoms with E-state index in [1.807, 2.05) is 0 Å². The lowest BCUT2D eigenvalue weighted by Crippen LogP contribution is -2.25. The number of nitrogens with one attached hydrogen (secondary N) is 2. The van der Waals surface area contributed by atoms with Crippen LogP contribution in [0.5, 0.6) is 5.75 Å². The Bertz CT molecular complexity index is 1170. The Kier molecular flexibility index (Phi) is 16.2. The van der Waals surface area contributed by atoms with Gasteiger partial charge in [-0.1, -0.05) is 23.7 Å². The molecule has 1 atom stereocenters. The first-order chi connectivity index (χ1) is 21.1. The third-order valence-corrected chi connectivity index (χ3v) is 6.82. The summed E-state index contributed by atoms with van der Waals surface area (Å²) >= 11 is 0. The first-order valence-corrected chi connectivity index (χ1v) is 14.9. The zero-order chi connectivity index (χ0) is 30.5. The van der Waals surface area contributed by atoms with Gasteiger partial charge >= 0.3 is 5.97 Å². The van der Waals surface area contributed by atoms with Gasteiger partial charge in [-0.05, 0) is 73.5 Å². The Morgan fingerprint density at radius 2 is 1.84 bits per heavy atom. The number of carboxylic acids is 1. The zero-order valence-electron chi connectivity index (χ0n) is 24.6. The molecule has 0 unspecified atom stereocenters. The number of hydrogen-bond donors (Lipinski definition) is 3. The molecule has 1 aliphatic rings. The first kappa shape index (κ1) is 34.0. The van der Waals surface area contributed by atoms with E-state index in [0.717, 1.165) is 56.6 Å². The highest BCUT2D eigenvalue weighted by molar-refractivity contribution is 5.68. The number of unbranched alkanes of at least 4 members (excludes halogenated alkanes) is 2. The van der Waals surface area contributed by atoms with Crippen molar-refractivity contribution in [2.45, 2.75) is 51.0 Å². The van der Waals surface area contributed by atoms with Crippen molar-refractivity contribution in [2.75, 3.05) is 71.2 Å².